The Kier molecular flexibility index (Phi) is 8.45. The lowest BCUT2D eigenvalue weighted by atomic mass is 9.93. The van der Waals surface area contributed by atoms with Gasteiger partial charge in [0.2, 0.25) is 0 Å². The lowest BCUT2D eigenvalue weighted by molar-refractivity contribution is 0.257. The minimum Gasteiger partial charge on any atom is -0.489 e. The van der Waals surface area contributed by atoms with Crippen molar-refractivity contribution in [1.82, 2.24) is 9.10 Å². The molecule has 1 aromatic heterocycles. The second-order valence-electron chi connectivity index (χ2n) is 7.72. The number of fused-ring (bicyclic) bond motifs is 1. The van der Waals surface area contributed by atoms with Crippen LogP contribution in [-0.2, 0) is 25.7 Å². The van der Waals surface area contributed by atoms with Gasteiger partial charge in [0.05, 0.1) is 11.5 Å². The number of aryl methyl sites for hydroxylation is 3. The number of unbranched alkanes of at least 4 members (excludes halogenated alkanes) is 1. The normalized spacial score (nSPS) is 12.7. The predicted octanol–water partition coefficient (Wildman–Crippen LogP) is 6.46. The summed E-state index contributed by atoms with van der Waals surface area (Å²) >= 11 is 2.63. The van der Waals surface area contributed by atoms with Gasteiger partial charge in [0.25, 0.3) is 0 Å². The van der Waals surface area contributed by atoms with Crippen molar-refractivity contribution in [2.75, 3.05) is 11.9 Å². The first kappa shape index (κ1) is 22.9. The summed E-state index contributed by atoms with van der Waals surface area (Å²) in [5, 5.41) is 3.90. The third kappa shape index (κ3) is 5.30. The van der Waals surface area contributed by atoms with Crippen LogP contribution in [0.25, 0.3) is 0 Å². The number of benzene rings is 1. The largest absolute Gasteiger partial charge is 0.489 e. The van der Waals surface area contributed by atoms with E-state index in [4.69, 9.17) is 4.74 Å². The molecule has 0 atom stereocenters. The van der Waals surface area contributed by atoms with Gasteiger partial charge >= 0.3 is 6.03 Å². The molecule has 30 heavy (non-hydrogen) atoms. The maximum atomic E-state index is 12.8. The molecule has 3 rings (SSSR count). The first-order chi connectivity index (χ1) is 14.6. The van der Waals surface area contributed by atoms with E-state index in [9.17, 15) is 4.79 Å². The number of rotatable bonds is 10. The van der Waals surface area contributed by atoms with E-state index in [1.807, 2.05) is 6.92 Å². The zero-order valence-electron chi connectivity index (χ0n) is 18.5. The summed E-state index contributed by atoms with van der Waals surface area (Å²) < 4.78 is 13.3. The third-order valence-corrected chi connectivity index (χ3v) is 7.08. The fourth-order valence-electron chi connectivity index (χ4n) is 4.02. The van der Waals surface area contributed by atoms with Crippen LogP contribution in [0.15, 0.2) is 11.1 Å². The number of urea groups is 1. The summed E-state index contributed by atoms with van der Waals surface area (Å²) in [5.74, 6) is 0.791. The Balaban J connectivity index is 1.72. The average molecular weight is 448 g/mol. The molecule has 1 heterocycles. The van der Waals surface area contributed by atoms with Crippen molar-refractivity contribution in [1.29, 1.82) is 0 Å². The molecule has 2 N–H and O–H groups in total. The molecule has 1 aromatic carbocycles. The number of ether oxygens (including phenoxy) is 1. The minimum atomic E-state index is -0.206. The van der Waals surface area contributed by atoms with Crippen molar-refractivity contribution in [3.8, 4) is 5.75 Å². The van der Waals surface area contributed by atoms with E-state index in [1.54, 1.807) is 0 Å². The van der Waals surface area contributed by atoms with Gasteiger partial charge in [0.15, 0.2) is 10.8 Å². The van der Waals surface area contributed by atoms with Crippen LogP contribution < -0.4 is 14.8 Å². The zero-order chi connectivity index (χ0) is 21.5. The van der Waals surface area contributed by atoms with E-state index in [0.717, 1.165) is 72.7 Å². The average Bonchev–Trinajstić information content (AvgIpc) is 3.34. The van der Waals surface area contributed by atoms with Crippen molar-refractivity contribution < 1.29 is 9.53 Å². The molecule has 7 heteroatoms. The van der Waals surface area contributed by atoms with Gasteiger partial charge in [-0.05, 0) is 79.2 Å². The number of hydrogen-bond acceptors (Lipinski definition) is 5. The van der Waals surface area contributed by atoms with Gasteiger partial charge in [-0.3, -0.25) is 4.72 Å². The number of nitrogens with one attached hydrogen (secondary N) is 2. The van der Waals surface area contributed by atoms with Gasteiger partial charge in [-0.25, -0.2) is 4.79 Å². The Morgan fingerprint density at radius 2 is 2.10 bits per heavy atom. The van der Waals surface area contributed by atoms with E-state index in [1.165, 1.54) is 45.7 Å². The number of aromatic nitrogens is 1. The first-order valence-corrected chi connectivity index (χ1v) is 12.7. The van der Waals surface area contributed by atoms with Gasteiger partial charge in [0.1, 0.15) is 0 Å². The Bertz CT molecular complexity index is 880. The highest BCUT2D eigenvalue weighted by atomic mass is 32.2. The van der Waals surface area contributed by atoms with Crippen molar-refractivity contribution in [3.05, 3.63) is 33.2 Å². The fourth-order valence-corrected chi connectivity index (χ4v) is 5.44. The van der Waals surface area contributed by atoms with Gasteiger partial charge < -0.3 is 10.1 Å². The van der Waals surface area contributed by atoms with E-state index >= 15 is 0 Å². The van der Waals surface area contributed by atoms with E-state index in [-0.39, 0.29) is 6.03 Å². The number of nitrogens with zero attached hydrogens (tertiary/aromatic N) is 1. The Morgan fingerprint density at radius 1 is 1.27 bits per heavy atom. The zero-order valence-corrected chi connectivity index (χ0v) is 20.2. The molecule has 0 saturated carbocycles. The van der Waals surface area contributed by atoms with Crippen LogP contribution in [0.4, 0.5) is 10.5 Å². The monoisotopic (exact) mass is 447 g/mol. The summed E-state index contributed by atoms with van der Waals surface area (Å²) in [5.41, 5.74) is 6.42. The van der Waals surface area contributed by atoms with E-state index in [0.29, 0.717) is 6.61 Å². The molecule has 0 spiro atoms. The van der Waals surface area contributed by atoms with Gasteiger partial charge in [0, 0.05) is 17.6 Å². The molecule has 0 bridgehead atoms. The lowest BCUT2D eigenvalue weighted by Gasteiger charge is -2.19. The maximum absolute atomic E-state index is 12.8. The lowest BCUT2D eigenvalue weighted by Crippen LogP contribution is -2.24. The molecule has 0 fully saturated rings. The summed E-state index contributed by atoms with van der Waals surface area (Å²) in [6.45, 7) is 9.19. The molecule has 2 amide bonds. The highest BCUT2D eigenvalue weighted by molar-refractivity contribution is 7.98. The molecule has 1 aliphatic rings. The second-order valence-corrected chi connectivity index (χ2v) is 9.49. The molecule has 5 nitrogen and oxygen atoms in total. The number of hydrogen-bond donors (Lipinski definition) is 2. The third-order valence-electron chi connectivity index (χ3n) is 5.48. The standard InChI is InChI=1S/C23H33N3O2S2/c1-5-8-13-28-21-15(4)29-25-22(21)30-26-23(27)24-20-18(7-3)16(10-6-2)14-17-11-9-12-19(17)20/h14H,5-13H2,1-4H3,(H2,24,26,27). The summed E-state index contributed by atoms with van der Waals surface area (Å²) in [6.07, 6.45) is 8.49. The van der Waals surface area contributed by atoms with Crippen molar-refractivity contribution in [2.45, 2.75) is 84.1 Å². The molecule has 164 valence electrons. The van der Waals surface area contributed by atoms with Crippen LogP contribution in [0.3, 0.4) is 0 Å². The minimum absolute atomic E-state index is 0.206. The van der Waals surface area contributed by atoms with Gasteiger partial charge in [-0.1, -0.05) is 39.7 Å². The Hall–Kier alpha value is -1.73. The molecule has 0 unspecified atom stereocenters. The molecule has 2 aromatic rings. The fraction of sp³-hybridized carbons (Fsp3) is 0.565. The van der Waals surface area contributed by atoms with Crippen LogP contribution in [0, 0.1) is 6.92 Å². The number of amides is 2. The molecule has 1 aliphatic carbocycles. The Morgan fingerprint density at radius 3 is 2.83 bits per heavy atom. The summed E-state index contributed by atoms with van der Waals surface area (Å²) in [6, 6.07) is 2.17. The van der Waals surface area contributed by atoms with Crippen LogP contribution in [0.1, 0.15) is 73.6 Å². The van der Waals surface area contributed by atoms with Crippen molar-refractivity contribution in [3.63, 3.8) is 0 Å². The van der Waals surface area contributed by atoms with Crippen molar-refractivity contribution in [2.24, 2.45) is 0 Å². The molecule has 0 radical (unpaired) electrons. The van der Waals surface area contributed by atoms with Crippen LogP contribution in [0.2, 0.25) is 0 Å². The molecular formula is C23H33N3O2S2. The number of carbonyl (C=O) groups is 1. The molecular weight excluding hydrogens is 414 g/mol. The number of carbonyl (C=O) groups excluding carboxylic acids is 1. The predicted molar refractivity (Wildman–Crippen MR) is 127 cm³/mol. The maximum Gasteiger partial charge on any atom is 0.329 e. The van der Waals surface area contributed by atoms with E-state index in [2.05, 4.69) is 41.3 Å². The molecule has 0 aliphatic heterocycles. The van der Waals surface area contributed by atoms with Crippen LogP contribution in [0.5, 0.6) is 5.75 Å². The first-order valence-electron chi connectivity index (χ1n) is 11.1. The quantitative estimate of drug-likeness (QED) is 0.324. The highest BCUT2D eigenvalue weighted by Crippen LogP contribution is 2.36. The van der Waals surface area contributed by atoms with E-state index < -0.39 is 0 Å². The highest BCUT2D eigenvalue weighted by Gasteiger charge is 2.22. The molecule has 0 saturated heterocycles. The number of anilines is 1. The summed E-state index contributed by atoms with van der Waals surface area (Å²) in [4.78, 5) is 13.8. The summed E-state index contributed by atoms with van der Waals surface area (Å²) in [7, 11) is 0. The smallest absolute Gasteiger partial charge is 0.329 e. The Labute approximate surface area is 188 Å². The van der Waals surface area contributed by atoms with Gasteiger partial charge in [-0.2, -0.15) is 4.37 Å². The van der Waals surface area contributed by atoms with Crippen molar-refractivity contribution >= 4 is 35.2 Å². The van der Waals surface area contributed by atoms with Crippen LogP contribution in [-0.4, -0.2) is 17.0 Å². The SMILES string of the molecule is CCCCOc1c(SNC(=O)Nc2c(CC)c(CCC)cc3c2CCC3)nsc1C. The van der Waals surface area contributed by atoms with Gasteiger partial charge in [-0.15, -0.1) is 0 Å². The van der Waals surface area contributed by atoms with Crippen LogP contribution >= 0.6 is 23.5 Å². The topological polar surface area (TPSA) is 63.2 Å². The second kappa shape index (κ2) is 11.0.